The zero-order valence-corrected chi connectivity index (χ0v) is 14.4. The molecule has 3 aromatic rings. The van der Waals surface area contributed by atoms with Crippen molar-refractivity contribution in [3.63, 3.8) is 0 Å². The second-order valence-electron chi connectivity index (χ2n) is 5.81. The maximum atomic E-state index is 12.6. The number of benzene rings is 1. The number of carbonyl (C=O) groups excluding carboxylic acids is 2. The molecule has 2 N–H and O–H groups in total. The highest BCUT2D eigenvalue weighted by Gasteiger charge is 2.21. The second kappa shape index (κ2) is 6.87. The summed E-state index contributed by atoms with van der Waals surface area (Å²) < 4.78 is 17.1. The summed E-state index contributed by atoms with van der Waals surface area (Å²) in [5, 5.41) is 9.50. The average molecular weight is 368 g/mol. The maximum absolute atomic E-state index is 12.6. The Morgan fingerprint density at radius 3 is 2.85 bits per heavy atom. The van der Waals surface area contributed by atoms with Crippen molar-refractivity contribution in [1.82, 2.24) is 15.1 Å². The summed E-state index contributed by atoms with van der Waals surface area (Å²) in [7, 11) is 1.62. The number of amides is 2. The van der Waals surface area contributed by atoms with Crippen LogP contribution in [0.15, 0.2) is 47.2 Å². The van der Waals surface area contributed by atoms with Crippen molar-refractivity contribution in [2.45, 2.75) is 6.54 Å². The maximum Gasteiger partial charge on any atom is 0.272 e. The fourth-order valence-electron chi connectivity index (χ4n) is 2.69. The van der Waals surface area contributed by atoms with Crippen LogP contribution in [0.4, 0.5) is 5.69 Å². The van der Waals surface area contributed by atoms with Crippen molar-refractivity contribution in [2.75, 3.05) is 12.1 Å². The molecular formula is C18H16N4O5. The number of hydrogen-bond acceptors (Lipinski definition) is 6. The minimum Gasteiger partial charge on any atom is -0.467 e. The molecular weight excluding hydrogens is 352 g/mol. The molecule has 0 unspecified atom stereocenters. The first kappa shape index (κ1) is 16.7. The smallest absolute Gasteiger partial charge is 0.272 e. The molecule has 9 nitrogen and oxygen atoms in total. The van der Waals surface area contributed by atoms with Crippen molar-refractivity contribution >= 4 is 17.5 Å². The minimum absolute atomic E-state index is 0.128. The quantitative estimate of drug-likeness (QED) is 0.712. The molecule has 0 spiro atoms. The monoisotopic (exact) mass is 368 g/mol. The van der Waals surface area contributed by atoms with Gasteiger partial charge < -0.3 is 24.5 Å². The van der Waals surface area contributed by atoms with Gasteiger partial charge in [-0.25, -0.2) is 0 Å². The molecule has 27 heavy (non-hydrogen) atoms. The van der Waals surface area contributed by atoms with Crippen LogP contribution in [0.3, 0.4) is 0 Å². The number of rotatable bonds is 5. The number of aryl methyl sites for hydroxylation is 1. The molecule has 0 saturated carbocycles. The largest absolute Gasteiger partial charge is 0.467 e. The molecule has 0 saturated heterocycles. The average Bonchev–Trinajstić information content (AvgIpc) is 3.40. The van der Waals surface area contributed by atoms with Gasteiger partial charge in [-0.15, -0.1) is 0 Å². The molecule has 2 amide bonds. The number of nitrogens with one attached hydrogen (secondary N) is 2. The SMILES string of the molecule is Cn1ncc(NC(=O)c2ccc3c(c2)OCO3)c1C(=O)NCc1ccco1. The van der Waals surface area contributed by atoms with E-state index in [1.165, 1.54) is 17.1 Å². The van der Waals surface area contributed by atoms with Crippen molar-refractivity contribution in [3.8, 4) is 11.5 Å². The first-order valence-corrected chi connectivity index (χ1v) is 8.15. The summed E-state index contributed by atoms with van der Waals surface area (Å²) in [6.45, 7) is 0.357. The van der Waals surface area contributed by atoms with E-state index in [0.29, 0.717) is 28.5 Å². The number of furan rings is 1. The molecule has 3 heterocycles. The fraction of sp³-hybridized carbons (Fsp3) is 0.167. The van der Waals surface area contributed by atoms with E-state index in [-0.39, 0.29) is 30.8 Å². The Morgan fingerprint density at radius 1 is 1.19 bits per heavy atom. The van der Waals surface area contributed by atoms with Crippen LogP contribution in [-0.2, 0) is 13.6 Å². The van der Waals surface area contributed by atoms with E-state index in [1.54, 1.807) is 37.4 Å². The van der Waals surface area contributed by atoms with Gasteiger partial charge in [-0.3, -0.25) is 14.3 Å². The van der Waals surface area contributed by atoms with Gasteiger partial charge >= 0.3 is 0 Å². The Hall–Kier alpha value is -3.75. The lowest BCUT2D eigenvalue weighted by atomic mass is 10.2. The van der Waals surface area contributed by atoms with Gasteiger partial charge in [-0.05, 0) is 30.3 Å². The zero-order valence-electron chi connectivity index (χ0n) is 14.4. The number of anilines is 1. The van der Waals surface area contributed by atoms with Crippen molar-refractivity contribution < 1.29 is 23.5 Å². The number of fused-ring (bicyclic) bond motifs is 1. The summed E-state index contributed by atoms with van der Waals surface area (Å²) in [5.41, 5.74) is 0.915. The molecule has 1 aliphatic rings. The normalized spacial score (nSPS) is 12.0. The van der Waals surface area contributed by atoms with Gasteiger partial charge in [-0.1, -0.05) is 0 Å². The van der Waals surface area contributed by atoms with Crippen LogP contribution in [0, 0.1) is 0 Å². The van der Waals surface area contributed by atoms with E-state index < -0.39 is 0 Å². The zero-order chi connectivity index (χ0) is 18.8. The van der Waals surface area contributed by atoms with E-state index in [2.05, 4.69) is 15.7 Å². The molecule has 1 aliphatic heterocycles. The number of ether oxygens (including phenoxy) is 2. The van der Waals surface area contributed by atoms with Crippen molar-refractivity contribution in [2.24, 2.45) is 7.05 Å². The lowest BCUT2D eigenvalue weighted by Crippen LogP contribution is -2.26. The number of aromatic nitrogens is 2. The molecule has 1 aromatic carbocycles. The highest BCUT2D eigenvalue weighted by molar-refractivity contribution is 6.08. The summed E-state index contributed by atoms with van der Waals surface area (Å²) in [4.78, 5) is 25.1. The third-order valence-electron chi connectivity index (χ3n) is 4.04. The molecule has 0 bridgehead atoms. The van der Waals surface area contributed by atoms with Gasteiger partial charge in [0, 0.05) is 12.6 Å². The Bertz CT molecular complexity index is 993. The van der Waals surface area contributed by atoms with Crippen molar-refractivity contribution in [3.05, 3.63) is 59.8 Å². The molecule has 138 valence electrons. The summed E-state index contributed by atoms with van der Waals surface area (Å²) in [6, 6.07) is 8.37. The van der Waals surface area contributed by atoms with Gasteiger partial charge in [0.25, 0.3) is 11.8 Å². The van der Waals surface area contributed by atoms with E-state index >= 15 is 0 Å². The van der Waals surface area contributed by atoms with Crippen LogP contribution in [0.5, 0.6) is 11.5 Å². The number of hydrogen-bond donors (Lipinski definition) is 2. The van der Waals surface area contributed by atoms with Crippen LogP contribution in [0.25, 0.3) is 0 Å². The van der Waals surface area contributed by atoms with Crippen molar-refractivity contribution in [1.29, 1.82) is 0 Å². The van der Waals surface area contributed by atoms with Crippen LogP contribution in [-0.4, -0.2) is 28.4 Å². The predicted molar refractivity (Wildman–Crippen MR) is 93.6 cm³/mol. The first-order valence-electron chi connectivity index (χ1n) is 8.15. The fourth-order valence-corrected chi connectivity index (χ4v) is 2.69. The van der Waals surface area contributed by atoms with E-state index in [0.717, 1.165) is 0 Å². The summed E-state index contributed by atoms with van der Waals surface area (Å²) in [5.74, 6) is 0.946. The van der Waals surface area contributed by atoms with Gasteiger partial charge in [0.1, 0.15) is 11.5 Å². The third kappa shape index (κ3) is 3.34. The summed E-state index contributed by atoms with van der Waals surface area (Å²) in [6.07, 6.45) is 2.95. The standard InChI is InChI=1S/C18H16N4O5/c1-22-16(18(24)19-8-12-3-2-6-25-12)13(9-20-22)21-17(23)11-4-5-14-15(7-11)27-10-26-14/h2-7,9H,8,10H2,1H3,(H,19,24)(H,21,23). The van der Waals surface area contributed by atoms with E-state index in [4.69, 9.17) is 13.9 Å². The number of carbonyl (C=O) groups is 2. The minimum atomic E-state index is -0.388. The molecule has 0 fully saturated rings. The number of nitrogens with zero attached hydrogens (tertiary/aromatic N) is 2. The van der Waals surface area contributed by atoms with Gasteiger partial charge in [0.2, 0.25) is 6.79 Å². The molecule has 4 rings (SSSR count). The molecule has 2 aromatic heterocycles. The van der Waals surface area contributed by atoms with E-state index in [1.807, 2.05) is 0 Å². The van der Waals surface area contributed by atoms with Crippen LogP contribution in [0.2, 0.25) is 0 Å². The highest BCUT2D eigenvalue weighted by atomic mass is 16.7. The topological polar surface area (TPSA) is 108 Å². The van der Waals surface area contributed by atoms with Crippen LogP contribution < -0.4 is 20.1 Å². The lowest BCUT2D eigenvalue weighted by Gasteiger charge is -2.08. The van der Waals surface area contributed by atoms with Gasteiger partial charge in [-0.2, -0.15) is 5.10 Å². The Labute approximate surface area is 153 Å². The van der Waals surface area contributed by atoms with E-state index in [9.17, 15) is 9.59 Å². The molecule has 0 atom stereocenters. The van der Waals surface area contributed by atoms with Crippen LogP contribution >= 0.6 is 0 Å². The molecule has 9 heteroatoms. The third-order valence-corrected chi connectivity index (χ3v) is 4.04. The predicted octanol–water partition coefficient (Wildman–Crippen LogP) is 1.92. The Morgan fingerprint density at radius 2 is 2.04 bits per heavy atom. The lowest BCUT2D eigenvalue weighted by molar-refractivity contribution is 0.0939. The summed E-state index contributed by atoms with van der Waals surface area (Å²) >= 11 is 0. The highest BCUT2D eigenvalue weighted by Crippen LogP contribution is 2.32. The molecule has 0 aliphatic carbocycles. The Balaban J connectivity index is 1.49. The molecule has 0 radical (unpaired) electrons. The second-order valence-corrected chi connectivity index (χ2v) is 5.81. The van der Waals surface area contributed by atoms with Gasteiger partial charge in [0.15, 0.2) is 11.5 Å². The first-order chi connectivity index (χ1) is 13.1. The Kier molecular flexibility index (Phi) is 4.25. The van der Waals surface area contributed by atoms with Gasteiger partial charge in [0.05, 0.1) is 24.7 Å². The van der Waals surface area contributed by atoms with Crippen LogP contribution in [0.1, 0.15) is 26.6 Å².